The van der Waals surface area contributed by atoms with Crippen LogP contribution in [0, 0.1) is 0 Å². The molecule has 2 amide bonds. The predicted molar refractivity (Wildman–Crippen MR) is 107 cm³/mol. The largest absolute Gasteiger partial charge is 0.301 e. The summed E-state index contributed by atoms with van der Waals surface area (Å²) in [5.41, 5.74) is 4.00. The molecule has 2 aromatic carbocycles. The van der Waals surface area contributed by atoms with Crippen LogP contribution in [-0.4, -0.2) is 30.3 Å². The average Bonchev–Trinajstić information content (AvgIpc) is 2.62. The van der Waals surface area contributed by atoms with Crippen molar-refractivity contribution in [3.63, 3.8) is 0 Å². The number of amides is 2. The van der Waals surface area contributed by atoms with Gasteiger partial charge in [-0.15, -0.1) is 0 Å². The first-order chi connectivity index (χ1) is 12.9. The van der Waals surface area contributed by atoms with Gasteiger partial charge >= 0.3 is 0 Å². The Hall–Kier alpha value is -1.88. The fraction of sp³-hybridized carbons (Fsp3) is 0.333. The van der Waals surface area contributed by atoms with Crippen LogP contribution >= 0.6 is 23.2 Å². The van der Waals surface area contributed by atoms with Gasteiger partial charge in [-0.1, -0.05) is 35.3 Å². The van der Waals surface area contributed by atoms with Gasteiger partial charge in [-0.2, -0.15) is 0 Å². The second kappa shape index (κ2) is 7.27. The van der Waals surface area contributed by atoms with Gasteiger partial charge in [0.15, 0.2) is 0 Å². The molecule has 1 unspecified atom stereocenters. The third kappa shape index (κ3) is 3.49. The van der Waals surface area contributed by atoms with Crippen LogP contribution in [0.15, 0.2) is 36.4 Å². The van der Waals surface area contributed by atoms with Crippen molar-refractivity contribution < 1.29 is 9.59 Å². The van der Waals surface area contributed by atoms with E-state index in [4.69, 9.17) is 23.2 Å². The van der Waals surface area contributed by atoms with Gasteiger partial charge in [0.2, 0.25) is 11.8 Å². The minimum atomic E-state index is -0.125. The van der Waals surface area contributed by atoms with Crippen LogP contribution in [0.1, 0.15) is 41.9 Å². The van der Waals surface area contributed by atoms with E-state index < -0.39 is 0 Å². The Morgan fingerprint density at radius 1 is 1.00 bits per heavy atom. The lowest BCUT2D eigenvalue weighted by Gasteiger charge is -2.33. The zero-order valence-electron chi connectivity index (χ0n) is 15.0. The fourth-order valence-electron chi connectivity index (χ4n) is 4.03. The summed E-state index contributed by atoms with van der Waals surface area (Å²) in [7, 11) is 2.07. The van der Waals surface area contributed by atoms with E-state index in [0.29, 0.717) is 35.0 Å². The first-order valence-corrected chi connectivity index (χ1v) is 9.81. The number of fused-ring (bicyclic) bond motifs is 1. The van der Waals surface area contributed by atoms with E-state index in [0.717, 1.165) is 29.8 Å². The Balaban J connectivity index is 1.69. The highest BCUT2D eigenvalue weighted by Crippen LogP contribution is 2.38. The van der Waals surface area contributed by atoms with Gasteiger partial charge in [0.05, 0.1) is 5.69 Å². The van der Waals surface area contributed by atoms with Crippen LogP contribution in [0.4, 0.5) is 5.69 Å². The molecule has 1 saturated heterocycles. The zero-order chi connectivity index (χ0) is 19.1. The third-order valence-electron chi connectivity index (χ3n) is 5.33. The number of rotatable bonds is 2. The van der Waals surface area contributed by atoms with Crippen molar-refractivity contribution in [1.82, 2.24) is 4.90 Å². The van der Waals surface area contributed by atoms with E-state index in [1.165, 1.54) is 4.90 Å². The van der Waals surface area contributed by atoms with E-state index in [-0.39, 0.29) is 17.7 Å². The monoisotopic (exact) mass is 402 g/mol. The van der Waals surface area contributed by atoms with Crippen molar-refractivity contribution >= 4 is 40.7 Å². The van der Waals surface area contributed by atoms with Crippen LogP contribution in [0.2, 0.25) is 10.0 Å². The molecule has 0 bridgehead atoms. The molecule has 0 saturated carbocycles. The summed E-state index contributed by atoms with van der Waals surface area (Å²) in [5, 5.41) is 1.32. The normalized spacial score (nSPS) is 20.7. The molecule has 2 aliphatic heterocycles. The van der Waals surface area contributed by atoms with Crippen LogP contribution in [0.3, 0.4) is 0 Å². The number of halogens is 2. The third-order valence-corrected chi connectivity index (χ3v) is 5.88. The molecule has 2 aliphatic rings. The maximum Gasteiger partial charge on any atom is 0.233 e. The summed E-state index contributed by atoms with van der Waals surface area (Å²) in [4.78, 5) is 27.8. The SMILES string of the molecule is CN1Cc2c(Cl)cc(Cl)cc2C(c2ccc(N3C(=O)CCCC3=O)cc2)C1. The number of piperidine rings is 1. The highest BCUT2D eigenvalue weighted by molar-refractivity contribution is 6.35. The molecule has 4 nitrogen and oxygen atoms in total. The maximum absolute atomic E-state index is 12.1. The molecule has 2 heterocycles. The second-order valence-corrected chi connectivity index (χ2v) is 8.12. The Kier molecular flexibility index (Phi) is 4.97. The van der Waals surface area contributed by atoms with Crippen molar-refractivity contribution in [2.75, 3.05) is 18.5 Å². The number of carbonyl (C=O) groups is 2. The van der Waals surface area contributed by atoms with E-state index in [2.05, 4.69) is 11.9 Å². The number of hydrogen-bond donors (Lipinski definition) is 0. The van der Waals surface area contributed by atoms with Crippen LogP contribution in [0.25, 0.3) is 0 Å². The molecule has 0 radical (unpaired) electrons. The summed E-state index contributed by atoms with van der Waals surface area (Å²) in [6.45, 7) is 1.64. The van der Waals surface area contributed by atoms with Crippen LogP contribution in [0.5, 0.6) is 0 Å². The Bertz CT molecular complexity index is 895. The number of likely N-dealkylation sites (N-methyl/N-ethyl adjacent to an activating group) is 1. The predicted octanol–water partition coefficient (Wildman–Crippen LogP) is 4.61. The van der Waals surface area contributed by atoms with Gasteiger partial charge in [-0.25, -0.2) is 0 Å². The maximum atomic E-state index is 12.1. The van der Waals surface area contributed by atoms with E-state index in [1.807, 2.05) is 30.3 Å². The molecule has 0 aromatic heterocycles. The van der Waals surface area contributed by atoms with Crippen molar-refractivity contribution in [1.29, 1.82) is 0 Å². The smallest absolute Gasteiger partial charge is 0.233 e. The molecule has 140 valence electrons. The standard InChI is InChI=1S/C21H20Cl2N2O2/c1-24-11-17(16-9-14(22)10-19(23)18(16)12-24)13-5-7-15(8-6-13)25-20(26)3-2-4-21(25)27/h5-10,17H,2-4,11-12H2,1H3. The molecule has 0 N–H and O–H groups in total. The number of benzene rings is 2. The first-order valence-electron chi connectivity index (χ1n) is 9.06. The molecule has 1 atom stereocenters. The number of anilines is 1. The summed E-state index contributed by atoms with van der Waals surface area (Å²) in [5.74, 6) is -0.114. The molecule has 1 fully saturated rings. The Morgan fingerprint density at radius 2 is 1.67 bits per heavy atom. The summed E-state index contributed by atoms with van der Waals surface area (Å²) in [6, 6.07) is 11.5. The van der Waals surface area contributed by atoms with Gasteiger partial charge < -0.3 is 4.90 Å². The summed E-state index contributed by atoms with van der Waals surface area (Å²) >= 11 is 12.7. The molecule has 6 heteroatoms. The van der Waals surface area contributed by atoms with E-state index in [9.17, 15) is 9.59 Å². The topological polar surface area (TPSA) is 40.6 Å². The van der Waals surface area contributed by atoms with Gasteiger partial charge in [0.25, 0.3) is 0 Å². The Morgan fingerprint density at radius 3 is 2.33 bits per heavy atom. The molecular formula is C21H20Cl2N2O2. The zero-order valence-corrected chi connectivity index (χ0v) is 16.6. The number of imide groups is 1. The average molecular weight is 403 g/mol. The Labute approximate surface area is 168 Å². The van der Waals surface area contributed by atoms with Crippen molar-refractivity contribution in [3.05, 3.63) is 63.1 Å². The van der Waals surface area contributed by atoms with Crippen molar-refractivity contribution in [2.45, 2.75) is 31.7 Å². The summed E-state index contributed by atoms with van der Waals surface area (Å²) < 4.78 is 0. The second-order valence-electron chi connectivity index (χ2n) is 7.27. The van der Waals surface area contributed by atoms with E-state index in [1.54, 1.807) is 6.07 Å². The number of hydrogen-bond acceptors (Lipinski definition) is 3. The lowest BCUT2D eigenvalue weighted by molar-refractivity contribution is -0.129. The molecule has 0 spiro atoms. The van der Waals surface area contributed by atoms with Crippen LogP contribution in [-0.2, 0) is 16.1 Å². The van der Waals surface area contributed by atoms with Crippen molar-refractivity contribution in [2.24, 2.45) is 0 Å². The molecule has 4 rings (SSSR count). The lowest BCUT2D eigenvalue weighted by atomic mass is 9.84. The molecule has 0 aliphatic carbocycles. The quantitative estimate of drug-likeness (QED) is 0.688. The fourth-order valence-corrected chi connectivity index (χ4v) is 4.60. The van der Waals surface area contributed by atoms with Gasteiger partial charge in [0.1, 0.15) is 0 Å². The van der Waals surface area contributed by atoms with Gasteiger partial charge in [-0.3, -0.25) is 14.5 Å². The van der Waals surface area contributed by atoms with Gasteiger partial charge in [0, 0.05) is 41.9 Å². The summed E-state index contributed by atoms with van der Waals surface area (Å²) in [6.07, 6.45) is 1.48. The number of carbonyl (C=O) groups excluding carboxylic acids is 2. The molecule has 2 aromatic rings. The lowest BCUT2D eigenvalue weighted by Crippen LogP contribution is -2.40. The minimum absolute atomic E-state index is 0.125. The molecule has 27 heavy (non-hydrogen) atoms. The minimum Gasteiger partial charge on any atom is -0.301 e. The highest BCUT2D eigenvalue weighted by Gasteiger charge is 2.29. The van der Waals surface area contributed by atoms with Crippen LogP contribution < -0.4 is 4.90 Å². The number of nitrogens with zero attached hydrogens (tertiary/aromatic N) is 2. The van der Waals surface area contributed by atoms with Crippen molar-refractivity contribution in [3.8, 4) is 0 Å². The highest BCUT2D eigenvalue weighted by atomic mass is 35.5. The van der Waals surface area contributed by atoms with Gasteiger partial charge in [-0.05, 0) is 54.4 Å². The first kappa shape index (κ1) is 18.5. The molecular weight excluding hydrogens is 383 g/mol. The van der Waals surface area contributed by atoms with E-state index >= 15 is 0 Å².